The minimum Gasteiger partial charge on any atom is -0.391 e. The Morgan fingerprint density at radius 2 is 2.20 bits per heavy atom. The van der Waals surface area contributed by atoms with Crippen molar-refractivity contribution in [2.75, 3.05) is 12.0 Å². The van der Waals surface area contributed by atoms with E-state index in [-0.39, 0.29) is 12.2 Å². The smallest absolute Gasteiger partial charge is 0.150 e. The molecular weight excluding hydrogens is 154 g/mol. The van der Waals surface area contributed by atoms with Crippen LogP contribution in [-0.2, 0) is 9.84 Å². The maximum Gasteiger partial charge on any atom is 0.150 e. The van der Waals surface area contributed by atoms with E-state index in [2.05, 4.69) is 0 Å². The van der Waals surface area contributed by atoms with E-state index in [0.717, 1.165) is 6.26 Å². The van der Waals surface area contributed by atoms with Crippen molar-refractivity contribution < 1.29 is 13.5 Å². The highest BCUT2D eigenvalue weighted by Gasteiger charge is 2.10. The molecule has 5 heteroatoms. The van der Waals surface area contributed by atoms with Crippen LogP contribution in [0.25, 0.3) is 0 Å². The molecule has 0 aliphatic heterocycles. The van der Waals surface area contributed by atoms with Gasteiger partial charge >= 0.3 is 0 Å². The average molecular weight is 163 g/mol. The van der Waals surface area contributed by atoms with Crippen LogP contribution in [0.2, 0.25) is 0 Å². The van der Waals surface area contributed by atoms with Gasteiger partial charge in [-0.15, -0.1) is 0 Å². The quantitative estimate of drug-likeness (QED) is 0.597. The van der Waals surface area contributed by atoms with Crippen LogP contribution in [0.4, 0.5) is 0 Å². The van der Waals surface area contributed by atoms with Crippen molar-refractivity contribution in [1.82, 2.24) is 0 Å². The molecule has 0 aromatic heterocycles. The summed E-state index contributed by atoms with van der Waals surface area (Å²) in [4.78, 5) is 0. The summed E-state index contributed by atoms with van der Waals surface area (Å²) in [6, 6.07) is 1.68. The van der Waals surface area contributed by atoms with E-state index in [1.54, 1.807) is 6.07 Å². The molecular formula is C5H9NO3S. The van der Waals surface area contributed by atoms with Crippen LogP contribution in [0.5, 0.6) is 0 Å². The van der Waals surface area contributed by atoms with Gasteiger partial charge in [-0.25, -0.2) is 8.42 Å². The predicted molar refractivity (Wildman–Crippen MR) is 35.9 cm³/mol. The normalized spacial score (nSPS) is 14.1. The molecule has 0 amide bonds. The summed E-state index contributed by atoms with van der Waals surface area (Å²) in [5.41, 5.74) is 0. The Hall–Kier alpha value is -0.600. The summed E-state index contributed by atoms with van der Waals surface area (Å²) >= 11 is 0. The molecule has 0 unspecified atom stereocenters. The topological polar surface area (TPSA) is 78.2 Å². The van der Waals surface area contributed by atoms with Crippen LogP contribution < -0.4 is 0 Å². The van der Waals surface area contributed by atoms with Crippen molar-refractivity contribution in [3.05, 3.63) is 0 Å². The number of aliphatic hydroxyl groups is 1. The maximum atomic E-state index is 10.4. The van der Waals surface area contributed by atoms with Crippen molar-refractivity contribution in [2.24, 2.45) is 0 Å². The van der Waals surface area contributed by atoms with Gasteiger partial charge in [0.15, 0.2) is 0 Å². The summed E-state index contributed by atoms with van der Waals surface area (Å²) in [5.74, 6) is -0.333. The zero-order valence-electron chi connectivity index (χ0n) is 5.61. The molecule has 0 bridgehead atoms. The molecule has 0 radical (unpaired) electrons. The standard InChI is InChI=1S/C5H9NO3S/c1-10(8,9)4-5(7)2-3-6/h5,7H,2,4H2,1H3/t5-/m0/s1. The highest BCUT2D eigenvalue weighted by atomic mass is 32.2. The Labute approximate surface area is 60.0 Å². The molecule has 1 atom stereocenters. The SMILES string of the molecule is CS(=O)(=O)C[C@@H](O)CC#N. The molecule has 0 aromatic rings. The summed E-state index contributed by atoms with van der Waals surface area (Å²) in [5, 5.41) is 16.8. The van der Waals surface area contributed by atoms with Crippen LogP contribution in [0, 0.1) is 11.3 Å². The van der Waals surface area contributed by atoms with Gasteiger partial charge < -0.3 is 5.11 Å². The number of nitriles is 1. The first-order chi connectivity index (χ1) is 4.45. The second-order valence-electron chi connectivity index (χ2n) is 2.11. The van der Waals surface area contributed by atoms with Gasteiger partial charge in [-0.1, -0.05) is 0 Å². The minimum atomic E-state index is -3.15. The average Bonchev–Trinajstić information content (AvgIpc) is 1.59. The van der Waals surface area contributed by atoms with E-state index < -0.39 is 15.9 Å². The van der Waals surface area contributed by atoms with Gasteiger partial charge in [0.05, 0.1) is 24.3 Å². The highest BCUT2D eigenvalue weighted by molar-refractivity contribution is 7.90. The predicted octanol–water partition coefficient (Wildman–Crippen LogP) is -0.694. The van der Waals surface area contributed by atoms with Crippen LogP contribution in [0.1, 0.15) is 6.42 Å². The summed E-state index contributed by atoms with van der Waals surface area (Å²) in [6.07, 6.45) is -0.152. The molecule has 0 spiro atoms. The number of rotatable bonds is 3. The molecule has 0 aromatic carbocycles. The third-order valence-electron chi connectivity index (χ3n) is 0.822. The third-order valence-corrected chi connectivity index (χ3v) is 1.81. The lowest BCUT2D eigenvalue weighted by Gasteiger charge is -2.01. The number of sulfone groups is 1. The fraction of sp³-hybridized carbons (Fsp3) is 0.800. The zero-order chi connectivity index (χ0) is 8.20. The Kier molecular flexibility index (Phi) is 3.33. The maximum absolute atomic E-state index is 10.4. The number of hydrogen-bond donors (Lipinski definition) is 1. The molecule has 58 valence electrons. The monoisotopic (exact) mass is 163 g/mol. The molecule has 1 N–H and O–H groups in total. The van der Waals surface area contributed by atoms with E-state index in [9.17, 15) is 8.42 Å². The van der Waals surface area contributed by atoms with Crippen molar-refractivity contribution in [3.8, 4) is 6.07 Å². The van der Waals surface area contributed by atoms with Crippen LogP contribution in [-0.4, -0.2) is 31.6 Å². The Bertz CT molecular complexity index is 226. The molecule has 0 fully saturated rings. The largest absolute Gasteiger partial charge is 0.391 e. The number of nitrogens with zero attached hydrogens (tertiary/aromatic N) is 1. The molecule has 10 heavy (non-hydrogen) atoms. The van der Waals surface area contributed by atoms with Gasteiger partial charge in [0, 0.05) is 6.26 Å². The van der Waals surface area contributed by atoms with Crippen molar-refractivity contribution >= 4 is 9.84 Å². The van der Waals surface area contributed by atoms with E-state index in [4.69, 9.17) is 10.4 Å². The lowest BCUT2D eigenvalue weighted by Crippen LogP contribution is -2.18. The Morgan fingerprint density at radius 3 is 2.50 bits per heavy atom. The lowest BCUT2D eigenvalue weighted by molar-refractivity contribution is 0.203. The first-order valence-corrected chi connectivity index (χ1v) is 4.74. The van der Waals surface area contributed by atoms with Crippen molar-refractivity contribution in [3.63, 3.8) is 0 Å². The fourth-order valence-electron chi connectivity index (χ4n) is 0.514. The molecule has 0 heterocycles. The molecule has 0 aliphatic carbocycles. The van der Waals surface area contributed by atoms with Gasteiger partial charge in [0.2, 0.25) is 0 Å². The second kappa shape index (κ2) is 3.54. The number of hydrogen-bond acceptors (Lipinski definition) is 4. The van der Waals surface area contributed by atoms with Gasteiger partial charge in [-0.3, -0.25) is 0 Å². The summed E-state index contributed by atoms with van der Waals surface area (Å²) in [6.45, 7) is 0. The molecule has 0 saturated carbocycles. The van der Waals surface area contributed by atoms with Crippen LogP contribution in [0.15, 0.2) is 0 Å². The lowest BCUT2D eigenvalue weighted by atomic mass is 10.3. The Balaban J connectivity index is 3.83. The molecule has 0 aliphatic rings. The van der Waals surface area contributed by atoms with E-state index in [1.807, 2.05) is 0 Å². The number of aliphatic hydroxyl groups excluding tert-OH is 1. The first-order valence-electron chi connectivity index (χ1n) is 2.68. The van der Waals surface area contributed by atoms with Crippen LogP contribution in [0.3, 0.4) is 0 Å². The van der Waals surface area contributed by atoms with Gasteiger partial charge in [-0.2, -0.15) is 5.26 Å². The van der Waals surface area contributed by atoms with Crippen molar-refractivity contribution in [1.29, 1.82) is 5.26 Å². The third kappa shape index (κ3) is 5.54. The van der Waals surface area contributed by atoms with E-state index >= 15 is 0 Å². The molecule has 4 nitrogen and oxygen atoms in total. The molecule has 0 rings (SSSR count). The van der Waals surface area contributed by atoms with Crippen LogP contribution >= 0.6 is 0 Å². The van der Waals surface area contributed by atoms with Crippen molar-refractivity contribution in [2.45, 2.75) is 12.5 Å². The highest BCUT2D eigenvalue weighted by Crippen LogP contribution is 1.94. The summed E-state index contributed by atoms with van der Waals surface area (Å²) in [7, 11) is -3.15. The van der Waals surface area contributed by atoms with Gasteiger partial charge in [0.1, 0.15) is 9.84 Å². The second-order valence-corrected chi connectivity index (χ2v) is 4.29. The van der Waals surface area contributed by atoms with E-state index in [1.165, 1.54) is 0 Å². The fourth-order valence-corrected chi connectivity index (χ4v) is 1.33. The molecule has 0 saturated heterocycles. The zero-order valence-corrected chi connectivity index (χ0v) is 6.43. The van der Waals surface area contributed by atoms with E-state index in [0.29, 0.717) is 0 Å². The van der Waals surface area contributed by atoms with Gasteiger partial charge in [0.25, 0.3) is 0 Å². The minimum absolute atomic E-state index is 0.132. The summed E-state index contributed by atoms with van der Waals surface area (Å²) < 4.78 is 20.9. The first kappa shape index (κ1) is 9.40. The van der Waals surface area contributed by atoms with Gasteiger partial charge in [-0.05, 0) is 0 Å². The Morgan fingerprint density at radius 1 is 1.70 bits per heavy atom.